The van der Waals surface area contributed by atoms with Gasteiger partial charge in [0.2, 0.25) is 5.91 Å². The standard InChI is InChI=1S/C15H29N3O/c1-3-7-16-9-11-17(12-10-16)13-15(19)18-8-5-4-6-14(18)2/h14H,3-13H2,1-2H3. The number of carbonyl (C=O) groups is 1. The Morgan fingerprint density at radius 3 is 2.37 bits per heavy atom. The van der Waals surface area contributed by atoms with Crippen molar-refractivity contribution in [3.8, 4) is 0 Å². The molecule has 2 rings (SSSR count). The number of amides is 1. The number of piperazine rings is 1. The molecular weight excluding hydrogens is 238 g/mol. The van der Waals surface area contributed by atoms with E-state index in [1.54, 1.807) is 0 Å². The molecule has 110 valence electrons. The van der Waals surface area contributed by atoms with E-state index in [0.29, 0.717) is 18.5 Å². The Kier molecular flexibility index (Phi) is 5.64. The summed E-state index contributed by atoms with van der Waals surface area (Å²) in [5, 5.41) is 0. The third-order valence-electron chi connectivity index (χ3n) is 4.49. The second-order valence-corrected chi connectivity index (χ2v) is 6.05. The van der Waals surface area contributed by atoms with Crippen LogP contribution in [0.15, 0.2) is 0 Å². The number of nitrogens with zero attached hydrogens (tertiary/aromatic N) is 3. The van der Waals surface area contributed by atoms with Crippen molar-refractivity contribution in [2.45, 2.75) is 45.6 Å². The summed E-state index contributed by atoms with van der Waals surface area (Å²) in [6, 6.07) is 0.447. The molecule has 2 aliphatic heterocycles. The lowest BCUT2D eigenvalue weighted by Crippen LogP contribution is -2.52. The highest BCUT2D eigenvalue weighted by Gasteiger charge is 2.25. The maximum atomic E-state index is 12.4. The lowest BCUT2D eigenvalue weighted by atomic mass is 10.0. The zero-order valence-corrected chi connectivity index (χ0v) is 12.6. The van der Waals surface area contributed by atoms with Gasteiger partial charge < -0.3 is 9.80 Å². The van der Waals surface area contributed by atoms with E-state index in [2.05, 4.69) is 28.5 Å². The highest BCUT2D eigenvalue weighted by atomic mass is 16.2. The Morgan fingerprint density at radius 1 is 1.05 bits per heavy atom. The van der Waals surface area contributed by atoms with Gasteiger partial charge in [-0.1, -0.05) is 6.92 Å². The van der Waals surface area contributed by atoms with E-state index in [0.717, 1.165) is 32.7 Å². The minimum Gasteiger partial charge on any atom is -0.339 e. The third-order valence-corrected chi connectivity index (χ3v) is 4.49. The number of hydrogen-bond donors (Lipinski definition) is 0. The van der Waals surface area contributed by atoms with Crippen molar-refractivity contribution in [3.05, 3.63) is 0 Å². The number of hydrogen-bond acceptors (Lipinski definition) is 3. The van der Waals surface area contributed by atoms with Gasteiger partial charge in [-0.25, -0.2) is 0 Å². The molecule has 1 unspecified atom stereocenters. The quantitative estimate of drug-likeness (QED) is 0.771. The van der Waals surface area contributed by atoms with Crippen molar-refractivity contribution < 1.29 is 4.79 Å². The van der Waals surface area contributed by atoms with Crippen molar-refractivity contribution in [1.29, 1.82) is 0 Å². The topological polar surface area (TPSA) is 26.8 Å². The zero-order valence-electron chi connectivity index (χ0n) is 12.6. The third kappa shape index (κ3) is 4.18. The maximum absolute atomic E-state index is 12.4. The maximum Gasteiger partial charge on any atom is 0.236 e. The molecule has 2 heterocycles. The summed E-state index contributed by atoms with van der Waals surface area (Å²) >= 11 is 0. The van der Waals surface area contributed by atoms with Crippen LogP contribution in [0.5, 0.6) is 0 Å². The minimum atomic E-state index is 0.344. The van der Waals surface area contributed by atoms with Crippen molar-refractivity contribution in [2.24, 2.45) is 0 Å². The average Bonchev–Trinajstić information content (AvgIpc) is 2.42. The molecule has 0 aliphatic carbocycles. The van der Waals surface area contributed by atoms with Crippen molar-refractivity contribution in [1.82, 2.24) is 14.7 Å². The van der Waals surface area contributed by atoms with Crippen molar-refractivity contribution >= 4 is 5.91 Å². The normalized spacial score (nSPS) is 26.6. The number of carbonyl (C=O) groups excluding carboxylic acids is 1. The second kappa shape index (κ2) is 7.25. The fourth-order valence-corrected chi connectivity index (χ4v) is 3.24. The van der Waals surface area contributed by atoms with Crippen LogP contribution in [-0.4, -0.2) is 72.5 Å². The van der Waals surface area contributed by atoms with Gasteiger partial charge in [0.25, 0.3) is 0 Å². The lowest BCUT2D eigenvalue weighted by molar-refractivity contribution is -0.136. The SMILES string of the molecule is CCCN1CCN(CC(=O)N2CCCCC2C)CC1. The van der Waals surface area contributed by atoms with Crippen LogP contribution in [0.2, 0.25) is 0 Å². The number of piperidine rings is 1. The van der Waals surface area contributed by atoms with Crippen LogP contribution in [0.25, 0.3) is 0 Å². The fourth-order valence-electron chi connectivity index (χ4n) is 3.24. The molecule has 1 atom stereocenters. The molecule has 0 radical (unpaired) electrons. The van der Waals surface area contributed by atoms with E-state index < -0.39 is 0 Å². The fraction of sp³-hybridized carbons (Fsp3) is 0.933. The van der Waals surface area contributed by atoms with Gasteiger partial charge in [0, 0.05) is 38.8 Å². The number of likely N-dealkylation sites (tertiary alicyclic amines) is 1. The molecule has 0 aromatic carbocycles. The van der Waals surface area contributed by atoms with E-state index in [-0.39, 0.29) is 0 Å². The summed E-state index contributed by atoms with van der Waals surface area (Å²) in [6.07, 6.45) is 4.86. The van der Waals surface area contributed by atoms with E-state index in [1.165, 1.54) is 32.2 Å². The monoisotopic (exact) mass is 267 g/mol. The first-order valence-electron chi connectivity index (χ1n) is 7.95. The largest absolute Gasteiger partial charge is 0.339 e. The van der Waals surface area contributed by atoms with Crippen LogP contribution in [0, 0.1) is 0 Å². The molecule has 19 heavy (non-hydrogen) atoms. The predicted molar refractivity (Wildman–Crippen MR) is 78.2 cm³/mol. The predicted octanol–water partition coefficient (Wildman–Crippen LogP) is 1.42. The van der Waals surface area contributed by atoms with Crippen LogP contribution in [0.3, 0.4) is 0 Å². The van der Waals surface area contributed by atoms with Crippen LogP contribution in [-0.2, 0) is 4.79 Å². The summed E-state index contributed by atoms with van der Waals surface area (Å²) < 4.78 is 0. The summed E-state index contributed by atoms with van der Waals surface area (Å²) in [5.41, 5.74) is 0. The van der Waals surface area contributed by atoms with Gasteiger partial charge in [-0.15, -0.1) is 0 Å². The molecule has 2 fully saturated rings. The van der Waals surface area contributed by atoms with Gasteiger partial charge >= 0.3 is 0 Å². The van der Waals surface area contributed by atoms with Crippen LogP contribution in [0.1, 0.15) is 39.5 Å². The van der Waals surface area contributed by atoms with E-state index in [9.17, 15) is 4.79 Å². The van der Waals surface area contributed by atoms with Crippen LogP contribution < -0.4 is 0 Å². The van der Waals surface area contributed by atoms with Gasteiger partial charge in [0.05, 0.1) is 6.54 Å². The molecule has 0 spiro atoms. The summed E-state index contributed by atoms with van der Waals surface area (Å²) in [4.78, 5) is 19.3. The van der Waals surface area contributed by atoms with Gasteiger partial charge in [0.1, 0.15) is 0 Å². The van der Waals surface area contributed by atoms with E-state index >= 15 is 0 Å². The van der Waals surface area contributed by atoms with Crippen LogP contribution >= 0.6 is 0 Å². The smallest absolute Gasteiger partial charge is 0.236 e. The molecular formula is C15H29N3O. The Bertz CT molecular complexity index is 287. The molecule has 0 saturated carbocycles. The van der Waals surface area contributed by atoms with Gasteiger partial charge in [0.15, 0.2) is 0 Å². The van der Waals surface area contributed by atoms with Crippen LogP contribution in [0.4, 0.5) is 0 Å². The summed E-state index contributed by atoms with van der Waals surface area (Å²) in [7, 11) is 0. The average molecular weight is 267 g/mol. The highest BCUT2D eigenvalue weighted by molar-refractivity contribution is 5.78. The molecule has 2 aliphatic rings. The van der Waals surface area contributed by atoms with Gasteiger partial charge in [-0.05, 0) is 39.2 Å². The first-order chi connectivity index (χ1) is 9.20. The van der Waals surface area contributed by atoms with E-state index in [1.807, 2.05) is 0 Å². The lowest BCUT2D eigenvalue weighted by Gasteiger charge is -2.38. The Morgan fingerprint density at radius 2 is 1.74 bits per heavy atom. The zero-order chi connectivity index (χ0) is 13.7. The Labute approximate surface area is 117 Å². The van der Waals surface area contributed by atoms with Gasteiger partial charge in [-0.2, -0.15) is 0 Å². The van der Waals surface area contributed by atoms with E-state index in [4.69, 9.17) is 0 Å². The first-order valence-corrected chi connectivity index (χ1v) is 7.95. The molecule has 4 nitrogen and oxygen atoms in total. The number of rotatable bonds is 4. The Balaban J connectivity index is 1.74. The minimum absolute atomic E-state index is 0.344. The highest BCUT2D eigenvalue weighted by Crippen LogP contribution is 2.16. The first kappa shape index (κ1) is 14.8. The summed E-state index contributed by atoms with van der Waals surface area (Å²) in [5.74, 6) is 0.344. The molecule has 0 aromatic heterocycles. The van der Waals surface area contributed by atoms with Gasteiger partial charge in [-0.3, -0.25) is 9.69 Å². The van der Waals surface area contributed by atoms with Crippen molar-refractivity contribution in [2.75, 3.05) is 45.8 Å². The molecule has 0 N–H and O–H groups in total. The molecule has 1 amide bonds. The Hall–Kier alpha value is -0.610. The molecule has 4 heteroatoms. The summed E-state index contributed by atoms with van der Waals surface area (Å²) in [6.45, 7) is 11.6. The van der Waals surface area contributed by atoms with Crippen molar-refractivity contribution in [3.63, 3.8) is 0 Å². The molecule has 0 bridgehead atoms. The molecule has 2 saturated heterocycles. The molecule has 0 aromatic rings. The second-order valence-electron chi connectivity index (χ2n) is 6.05.